The minimum absolute atomic E-state index is 0. The van der Waals surface area contributed by atoms with E-state index in [1.807, 2.05) is 0 Å². The van der Waals surface area contributed by atoms with Gasteiger partial charge in [0.15, 0.2) is 5.96 Å². The van der Waals surface area contributed by atoms with Crippen LogP contribution < -0.4 is 10.6 Å². The molecule has 0 aromatic rings. The van der Waals surface area contributed by atoms with E-state index in [4.69, 9.17) is 0 Å². The zero-order chi connectivity index (χ0) is 16.1. The lowest BCUT2D eigenvalue weighted by Crippen LogP contribution is -2.42. The van der Waals surface area contributed by atoms with Gasteiger partial charge in [-0.3, -0.25) is 4.99 Å². The summed E-state index contributed by atoms with van der Waals surface area (Å²) in [5, 5.41) is 6.86. The number of rotatable bonds is 11. The van der Waals surface area contributed by atoms with Crippen molar-refractivity contribution in [3.63, 3.8) is 0 Å². The quantitative estimate of drug-likeness (QED) is 0.301. The first-order chi connectivity index (χ1) is 10.0. The highest BCUT2D eigenvalue weighted by atomic mass is 127. The van der Waals surface area contributed by atoms with Crippen LogP contribution in [0.1, 0.15) is 60.8 Å². The van der Waals surface area contributed by atoms with Crippen LogP contribution in [-0.4, -0.2) is 49.6 Å². The Morgan fingerprint density at radius 1 is 1.05 bits per heavy atom. The van der Waals surface area contributed by atoms with E-state index >= 15 is 0 Å². The monoisotopic (exact) mass is 426 g/mol. The van der Waals surface area contributed by atoms with Gasteiger partial charge in [-0.15, -0.1) is 24.0 Å². The molecular weight excluding hydrogens is 387 g/mol. The molecule has 0 aromatic heterocycles. The second-order valence-electron chi connectivity index (χ2n) is 6.16. The molecule has 134 valence electrons. The Morgan fingerprint density at radius 3 is 2.18 bits per heavy atom. The van der Waals surface area contributed by atoms with Crippen molar-refractivity contribution in [2.75, 3.05) is 32.7 Å². The van der Waals surface area contributed by atoms with Crippen LogP contribution in [-0.2, 0) is 0 Å². The highest BCUT2D eigenvalue weighted by Gasteiger charge is 2.06. The Morgan fingerprint density at radius 2 is 1.68 bits per heavy atom. The Kier molecular flexibility index (Phi) is 17.4. The summed E-state index contributed by atoms with van der Waals surface area (Å²) >= 11 is 0. The molecule has 0 saturated heterocycles. The third-order valence-electron chi connectivity index (χ3n) is 3.71. The molecule has 0 spiro atoms. The van der Waals surface area contributed by atoms with Crippen LogP contribution >= 0.6 is 24.0 Å². The fourth-order valence-corrected chi connectivity index (χ4v) is 2.22. The largest absolute Gasteiger partial charge is 0.357 e. The summed E-state index contributed by atoms with van der Waals surface area (Å²) in [5.41, 5.74) is 0. The molecule has 22 heavy (non-hydrogen) atoms. The lowest BCUT2D eigenvalue weighted by Gasteiger charge is -2.21. The summed E-state index contributed by atoms with van der Waals surface area (Å²) in [6.45, 7) is 18.6. The topological polar surface area (TPSA) is 39.7 Å². The molecule has 2 N–H and O–H groups in total. The molecule has 0 aliphatic carbocycles. The van der Waals surface area contributed by atoms with Crippen molar-refractivity contribution in [2.24, 2.45) is 10.9 Å². The average molecular weight is 426 g/mol. The summed E-state index contributed by atoms with van der Waals surface area (Å²) in [5.74, 6) is 1.68. The maximum absolute atomic E-state index is 4.65. The first kappa shape index (κ1) is 24.2. The van der Waals surface area contributed by atoms with E-state index in [0.29, 0.717) is 12.0 Å². The highest BCUT2D eigenvalue weighted by molar-refractivity contribution is 14.0. The smallest absolute Gasteiger partial charge is 0.191 e. The molecule has 0 aliphatic rings. The molecule has 0 radical (unpaired) electrons. The Hall–Kier alpha value is -0.0400. The predicted molar refractivity (Wildman–Crippen MR) is 110 cm³/mol. The van der Waals surface area contributed by atoms with Gasteiger partial charge < -0.3 is 15.5 Å². The third-order valence-corrected chi connectivity index (χ3v) is 3.71. The van der Waals surface area contributed by atoms with Crippen molar-refractivity contribution in [3.05, 3.63) is 0 Å². The lowest BCUT2D eigenvalue weighted by atomic mass is 10.1. The van der Waals surface area contributed by atoms with E-state index < -0.39 is 0 Å². The standard InChI is InChI=1S/C17H38N4.HI/c1-7-18-17(19-13-12-15(4)5)20-16(6)11-10-14-21(8-2)9-3;/h15-16H,7-14H2,1-6H3,(H2,18,19,20);1H. The van der Waals surface area contributed by atoms with E-state index in [9.17, 15) is 0 Å². The summed E-state index contributed by atoms with van der Waals surface area (Å²) in [6.07, 6.45) is 3.57. The number of hydrogen-bond acceptors (Lipinski definition) is 2. The van der Waals surface area contributed by atoms with Crippen LogP contribution in [0.3, 0.4) is 0 Å². The molecule has 0 rings (SSSR count). The molecule has 5 heteroatoms. The third kappa shape index (κ3) is 13.6. The van der Waals surface area contributed by atoms with Gasteiger partial charge in [0.1, 0.15) is 0 Å². The van der Waals surface area contributed by atoms with Crippen molar-refractivity contribution < 1.29 is 0 Å². The second-order valence-corrected chi connectivity index (χ2v) is 6.16. The van der Waals surface area contributed by atoms with Gasteiger partial charge in [-0.2, -0.15) is 0 Å². The van der Waals surface area contributed by atoms with Crippen LogP contribution in [0.4, 0.5) is 0 Å². The summed E-state index contributed by atoms with van der Waals surface area (Å²) in [6, 6.07) is 0.470. The van der Waals surface area contributed by atoms with Gasteiger partial charge in [0.2, 0.25) is 0 Å². The van der Waals surface area contributed by atoms with Gasteiger partial charge in [0.05, 0.1) is 0 Å². The van der Waals surface area contributed by atoms with Crippen LogP contribution in [0.5, 0.6) is 0 Å². The zero-order valence-corrected chi connectivity index (χ0v) is 17.9. The number of halogens is 1. The van der Waals surface area contributed by atoms with Gasteiger partial charge >= 0.3 is 0 Å². The van der Waals surface area contributed by atoms with Gasteiger partial charge in [-0.05, 0) is 58.7 Å². The predicted octanol–water partition coefficient (Wildman–Crippen LogP) is 3.72. The lowest BCUT2D eigenvalue weighted by molar-refractivity contribution is 0.292. The van der Waals surface area contributed by atoms with Crippen molar-refractivity contribution in [3.8, 4) is 0 Å². The van der Waals surface area contributed by atoms with Crippen LogP contribution in [0.2, 0.25) is 0 Å². The maximum atomic E-state index is 4.65. The van der Waals surface area contributed by atoms with E-state index in [1.54, 1.807) is 0 Å². The molecule has 0 aromatic carbocycles. The van der Waals surface area contributed by atoms with E-state index in [-0.39, 0.29) is 24.0 Å². The zero-order valence-electron chi connectivity index (χ0n) is 15.6. The summed E-state index contributed by atoms with van der Waals surface area (Å²) < 4.78 is 0. The van der Waals surface area contributed by atoms with Crippen molar-refractivity contribution >= 4 is 29.9 Å². The van der Waals surface area contributed by atoms with Crippen molar-refractivity contribution in [2.45, 2.75) is 66.8 Å². The molecular formula is C17H39IN4. The van der Waals surface area contributed by atoms with Crippen molar-refractivity contribution in [1.29, 1.82) is 0 Å². The fourth-order valence-electron chi connectivity index (χ4n) is 2.22. The molecule has 0 aliphatic heterocycles. The number of hydrogen-bond donors (Lipinski definition) is 2. The van der Waals surface area contributed by atoms with Gasteiger partial charge in [-0.25, -0.2) is 0 Å². The van der Waals surface area contributed by atoms with Crippen LogP contribution in [0, 0.1) is 5.92 Å². The molecule has 0 bridgehead atoms. The van der Waals surface area contributed by atoms with Gasteiger partial charge in [-0.1, -0.05) is 27.7 Å². The first-order valence-electron chi connectivity index (χ1n) is 8.80. The van der Waals surface area contributed by atoms with Gasteiger partial charge in [0, 0.05) is 19.1 Å². The van der Waals surface area contributed by atoms with Crippen LogP contribution in [0.15, 0.2) is 4.99 Å². The number of aliphatic imine (C=N–C) groups is 1. The molecule has 0 heterocycles. The van der Waals surface area contributed by atoms with E-state index in [0.717, 1.165) is 38.6 Å². The van der Waals surface area contributed by atoms with Crippen molar-refractivity contribution in [1.82, 2.24) is 15.5 Å². The molecule has 0 amide bonds. The second kappa shape index (κ2) is 15.8. The van der Waals surface area contributed by atoms with Crippen LogP contribution in [0.25, 0.3) is 0 Å². The first-order valence-corrected chi connectivity index (χ1v) is 8.80. The highest BCUT2D eigenvalue weighted by Crippen LogP contribution is 2.01. The van der Waals surface area contributed by atoms with E-state index in [2.05, 4.69) is 62.1 Å². The van der Waals surface area contributed by atoms with E-state index in [1.165, 1.54) is 19.4 Å². The minimum atomic E-state index is 0. The SMILES string of the molecule is CCNC(=NCCC(C)C)NC(C)CCCN(CC)CC.I. The fraction of sp³-hybridized carbons (Fsp3) is 0.941. The Labute approximate surface area is 155 Å². The Bertz CT molecular complexity index is 265. The van der Waals surface area contributed by atoms with Gasteiger partial charge in [0.25, 0.3) is 0 Å². The summed E-state index contributed by atoms with van der Waals surface area (Å²) in [4.78, 5) is 7.13. The molecule has 1 atom stereocenters. The number of nitrogens with one attached hydrogen (secondary N) is 2. The molecule has 4 nitrogen and oxygen atoms in total. The number of guanidine groups is 1. The average Bonchev–Trinajstić information content (AvgIpc) is 2.43. The minimum Gasteiger partial charge on any atom is -0.357 e. The maximum Gasteiger partial charge on any atom is 0.191 e. The molecule has 0 saturated carbocycles. The molecule has 0 fully saturated rings. The normalized spacial score (nSPS) is 13.2. The molecule has 1 unspecified atom stereocenters. The summed E-state index contributed by atoms with van der Waals surface area (Å²) in [7, 11) is 0. The number of nitrogens with zero attached hydrogens (tertiary/aromatic N) is 2. The Balaban J connectivity index is 0.